The zero-order valence-corrected chi connectivity index (χ0v) is 19.1. The van der Waals surface area contributed by atoms with E-state index < -0.39 is 28.4 Å². The van der Waals surface area contributed by atoms with Crippen molar-refractivity contribution >= 4 is 29.0 Å². The molecule has 1 aromatic rings. The summed E-state index contributed by atoms with van der Waals surface area (Å²) in [5, 5.41) is 15.2. The van der Waals surface area contributed by atoms with Crippen LogP contribution in [-0.4, -0.2) is 62.3 Å². The molecular formula is C22H29FN4O6. The summed E-state index contributed by atoms with van der Waals surface area (Å²) in [7, 11) is 0. The SMILES string of the molecule is CCOC(=O)C(=CN(c1cc(N2CCNCC2)c(F)c(C)c1[N+](=O)[O-])C1CC1)C(=O)OCC. The summed E-state index contributed by atoms with van der Waals surface area (Å²) in [5.74, 6) is -2.42. The Bertz CT molecular complexity index is 937. The summed E-state index contributed by atoms with van der Waals surface area (Å²) in [6, 6.07) is 1.26. The first-order valence-corrected chi connectivity index (χ1v) is 11.1. The normalized spacial score (nSPS) is 15.6. The highest BCUT2D eigenvalue weighted by atomic mass is 19.1. The van der Waals surface area contributed by atoms with Gasteiger partial charge < -0.3 is 24.6 Å². The fraction of sp³-hybridized carbons (Fsp3) is 0.545. The number of halogens is 1. The van der Waals surface area contributed by atoms with Gasteiger partial charge in [-0.05, 0) is 39.7 Å². The number of hydrogen-bond donors (Lipinski definition) is 1. The average molecular weight is 464 g/mol. The van der Waals surface area contributed by atoms with Crippen molar-refractivity contribution in [3.05, 3.63) is 39.3 Å². The Balaban J connectivity index is 2.17. The van der Waals surface area contributed by atoms with Crippen LogP contribution in [0.4, 0.5) is 21.5 Å². The minimum atomic E-state index is -0.884. The molecule has 2 fully saturated rings. The van der Waals surface area contributed by atoms with Gasteiger partial charge >= 0.3 is 11.9 Å². The van der Waals surface area contributed by atoms with Gasteiger partial charge in [0.25, 0.3) is 5.69 Å². The van der Waals surface area contributed by atoms with E-state index in [2.05, 4.69) is 5.32 Å². The lowest BCUT2D eigenvalue weighted by atomic mass is 10.1. The van der Waals surface area contributed by atoms with Crippen LogP contribution < -0.4 is 15.1 Å². The van der Waals surface area contributed by atoms with Crippen molar-refractivity contribution in [1.82, 2.24) is 5.32 Å². The Morgan fingerprint density at radius 1 is 1.24 bits per heavy atom. The van der Waals surface area contributed by atoms with Crippen molar-refractivity contribution in [3.8, 4) is 0 Å². The Hall–Kier alpha value is -3.21. The molecule has 1 heterocycles. The molecule has 0 amide bonds. The summed E-state index contributed by atoms with van der Waals surface area (Å²) in [6.07, 6.45) is 2.65. The number of piperazine rings is 1. The second-order valence-electron chi connectivity index (χ2n) is 7.82. The first kappa shape index (κ1) is 24.4. The van der Waals surface area contributed by atoms with Gasteiger partial charge in [0.2, 0.25) is 0 Å². The van der Waals surface area contributed by atoms with Gasteiger partial charge in [-0.1, -0.05) is 0 Å². The van der Waals surface area contributed by atoms with Crippen LogP contribution in [0.15, 0.2) is 17.8 Å². The van der Waals surface area contributed by atoms with Gasteiger partial charge in [-0.15, -0.1) is 0 Å². The van der Waals surface area contributed by atoms with E-state index >= 15 is 4.39 Å². The van der Waals surface area contributed by atoms with E-state index in [0.717, 1.165) is 0 Å². The largest absolute Gasteiger partial charge is 0.462 e. The van der Waals surface area contributed by atoms with Crippen LogP contribution >= 0.6 is 0 Å². The number of esters is 2. The van der Waals surface area contributed by atoms with Gasteiger partial charge in [0.15, 0.2) is 11.4 Å². The average Bonchev–Trinajstić information content (AvgIpc) is 3.62. The predicted molar refractivity (Wildman–Crippen MR) is 120 cm³/mol. The number of carbonyl (C=O) groups excluding carboxylic acids is 2. The highest BCUT2D eigenvalue weighted by Crippen LogP contribution is 2.43. The van der Waals surface area contributed by atoms with Crippen LogP contribution in [0, 0.1) is 22.9 Å². The molecule has 180 valence electrons. The molecule has 11 heteroatoms. The molecule has 1 saturated heterocycles. The standard InChI is InChI=1S/C22H29FN4O6/c1-4-32-21(28)16(22(29)33-5-2)13-26(15-6-7-15)18-12-17(25-10-8-24-9-11-25)19(23)14(3)20(18)27(30)31/h12-13,15,24H,4-11H2,1-3H3. The molecule has 2 aliphatic rings. The topological polar surface area (TPSA) is 114 Å². The zero-order chi connectivity index (χ0) is 24.1. The van der Waals surface area contributed by atoms with E-state index in [1.54, 1.807) is 13.8 Å². The van der Waals surface area contributed by atoms with Gasteiger partial charge in [0.05, 0.1) is 29.4 Å². The first-order valence-electron chi connectivity index (χ1n) is 11.1. The monoisotopic (exact) mass is 464 g/mol. The van der Waals surface area contributed by atoms with Crippen molar-refractivity contribution in [2.75, 3.05) is 49.2 Å². The molecule has 0 spiro atoms. The van der Waals surface area contributed by atoms with E-state index in [0.29, 0.717) is 39.0 Å². The maximum absolute atomic E-state index is 15.2. The summed E-state index contributed by atoms with van der Waals surface area (Å²) in [4.78, 5) is 39.7. The molecule has 0 unspecified atom stereocenters. The third-order valence-corrected chi connectivity index (χ3v) is 5.54. The second kappa shape index (κ2) is 10.6. The van der Waals surface area contributed by atoms with Crippen LogP contribution in [-0.2, 0) is 19.1 Å². The Morgan fingerprint density at radius 2 is 1.82 bits per heavy atom. The van der Waals surface area contributed by atoms with E-state index in [4.69, 9.17) is 9.47 Å². The van der Waals surface area contributed by atoms with Crippen LogP contribution in [0.1, 0.15) is 32.3 Å². The molecule has 0 aromatic heterocycles. The van der Waals surface area contributed by atoms with Crippen LogP contribution in [0.25, 0.3) is 0 Å². The summed E-state index contributed by atoms with van der Waals surface area (Å²) >= 11 is 0. The maximum Gasteiger partial charge on any atom is 0.347 e. The lowest BCUT2D eigenvalue weighted by Crippen LogP contribution is -2.44. The van der Waals surface area contributed by atoms with Crippen molar-refractivity contribution in [2.24, 2.45) is 0 Å². The number of nitro groups is 1. The molecular weight excluding hydrogens is 435 g/mol. The van der Waals surface area contributed by atoms with E-state index in [1.165, 1.54) is 24.1 Å². The fourth-order valence-electron chi connectivity index (χ4n) is 3.78. The van der Waals surface area contributed by atoms with Gasteiger partial charge in [-0.25, -0.2) is 14.0 Å². The Kier molecular flexibility index (Phi) is 7.85. The molecule has 33 heavy (non-hydrogen) atoms. The second-order valence-corrected chi connectivity index (χ2v) is 7.82. The number of nitrogens with one attached hydrogen (secondary N) is 1. The third-order valence-electron chi connectivity index (χ3n) is 5.54. The number of carbonyl (C=O) groups is 2. The highest BCUT2D eigenvalue weighted by molar-refractivity contribution is 6.14. The third kappa shape index (κ3) is 5.41. The number of nitro benzene ring substituents is 1. The molecule has 1 aliphatic heterocycles. The molecule has 0 bridgehead atoms. The van der Waals surface area contributed by atoms with E-state index in [1.807, 2.05) is 4.90 Å². The number of benzene rings is 1. The molecule has 1 saturated carbocycles. The first-order chi connectivity index (χ1) is 15.8. The van der Waals surface area contributed by atoms with Crippen molar-refractivity contribution in [3.63, 3.8) is 0 Å². The number of ether oxygens (including phenoxy) is 2. The molecule has 0 radical (unpaired) electrons. The van der Waals surface area contributed by atoms with Gasteiger partial charge in [-0.3, -0.25) is 10.1 Å². The lowest BCUT2D eigenvalue weighted by Gasteiger charge is -2.31. The predicted octanol–water partition coefficient (Wildman–Crippen LogP) is 2.43. The molecule has 1 aromatic carbocycles. The highest BCUT2D eigenvalue weighted by Gasteiger charge is 2.37. The molecule has 0 atom stereocenters. The summed E-state index contributed by atoms with van der Waals surface area (Å²) in [6.45, 7) is 7.08. The van der Waals surface area contributed by atoms with E-state index in [9.17, 15) is 19.7 Å². The van der Waals surface area contributed by atoms with Crippen LogP contribution in [0.3, 0.4) is 0 Å². The molecule has 10 nitrogen and oxygen atoms in total. The minimum absolute atomic E-state index is 0.0436. The number of anilines is 2. The summed E-state index contributed by atoms with van der Waals surface area (Å²) in [5.41, 5.74) is -0.491. The Labute approximate surface area is 191 Å². The minimum Gasteiger partial charge on any atom is -0.462 e. The Morgan fingerprint density at radius 3 is 2.30 bits per heavy atom. The van der Waals surface area contributed by atoms with Crippen LogP contribution in [0.5, 0.6) is 0 Å². The summed E-state index contributed by atoms with van der Waals surface area (Å²) < 4.78 is 25.2. The molecule has 1 N–H and O–H groups in total. The van der Waals surface area contributed by atoms with Crippen molar-refractivity contribution < 1.29 is 28.4 Å². The van der Waals surface area contributed by atoms with Crippen molar-refractivity contribution in [1.29, 1.82) is 0 Å². The maximum atomic E-state index is 15.2. The van der Waals surface area contributed by atoms with Crippen molar-refractivity contribution in [2.45, 2.75) is 39.7 Å². The quantitative estimate of drug-likeness (QED) is 0.147. The fourth-order valence-corrected chi connectivity index (χ4v) is 3.78. The zero-order valence-electron chi connectivity index (χ0n) is 19.1. The molecule has 1 aliphatic carbocycles. The van der Waals surface area contributed by atoms with Gasteiger partial charge in [0, 0.05) is 38.4 Å². The molecule has 3 rings (SSSR count). The number of rotatable bonds is 9. The number of hydrogen-bond acceptors (Lipinski definition) is 9. The lowest BCUT2D eigenvalue weighted by molar-refractivity contribution is -0.384. The number of nitrogens with zero attached hydrogens (tertiary/aromatic N) is 3. The van der Waals surface area contributed by atoms with Crippen LogP contribution in [0.2, 0.25) is 0 Å². The smallest absolute Gasteiger partial charge is 0.347 e. The van der Waals surface area contributed by atoms with E-state index in [-0.39, 0.29) is 41.8 Å². The van der Waals surface area contributed by atoms with Gasteiger partial charge in [0.1, 0.15) is 5.69 Å². The van der Waals surface area contributed by atoms with Gasteiger partial charge in [-0.2, -0.15) is 0 Å².